The molecule has 39 heavy (non-hydrogen) atoms. The Bertz CT molecular complexity index is 636. The van der Waals surface area contributed by atoms with Gasteiger partial charge < -0.3 is 27.7 Å². The Morgan fingerprint density at radius 2 is 0.590 bits per heavy atom. The second kappa shape index (κ2) is 18.8. The average molecular weight is 553 g/mol. The summed E-state index contributed by atoms with van der Waals surface area (Å²) in [5.74, 6) is 2.58. The van der Waals surface area contributed by atoms with Gasteiger partial charge in [-0.15, -0.1) is 0 Å². The maximum Gasteiger partial charge on any atom is 0.126 e. The topological polar surface area (TPSA) is 27.7 Å². The van der Waals surface area contributed by atoms with Crippen LogP contribution in [0.15, 0.2) is 18.2 Å². The third-order valence-electron chi connectivity index (χ3n) is 6.83. The summed E-state index contributed by atoms with van der Waals surface area (Å²) in [6.45, 7) is 5.91. The molecule has 1 rings (SSSR count). The average Bonchev–Trinajstić information content (AvgIpc) is 2.80. The van der Waals surface area contributed by atoms with E-state index in [-0.39, 0.29) is 0 Å². The normalized spacial score (nSPS) is 12.5. The number of hydrogen-bond donors (Lipinski definition) is 0. The Morgan fingerprint density at radius 1 is 0.359 bits per heavy atom. The molecule has 1 aromatic rings. The predicted molar refractivity (Wildman–Crippen MR) is 167 cm³/mol. The molecule has 0 spiro atoms. The minimum atomic E-state index is 0.742. The van der Waals surface area contributed by atoms with E-state index < -0.39 is 0 Å². The van der Waals surface area contributed by atoms with Gasteiger partial charge in [-0.05, 0) is 77.0 Å². The minimum absolute atomic E-state index is 0.742. The third-order valence-corrected chi connectivity index (χ3v) is 6.83. The molecule has 0 atom stereocenters. The van der Waals surface area contributed by atoms with Crippen LogP contribution in [-0.2, 0) is 0 Å². The molecule has 0 aliphatic carbocycles. The summed E-state index contributed by atoms with van der Waals surface area (Å²) >= 11 is 0. The molecule has 228 valence electrons. The number of ether oxygens (including phenoxy) is 3. The SMILES string of the molecule is C[N+](C)(C)CCCCCCOc1cc(OCCCCCC[N+](C)(C)C)cc(OCCCCCC[N+](C)(C)C)c1. The molecule has 1 aromatic carbocycles. The molecule has 0 heterocycles. The first-order valence-electron chi connectivity index (χ1n) is 15.7. The van der Waals surface area contributed by atoms with Crippen molar-refractivity contribution in [2.24, 2.45) is 0 Å². The molecule has 0 N–H and O–H groups in total. The molecular formula is C33H66N3O3+3. The number of benzene rings is 1. The van der Waals surface area contributed by atoms with Gasteiger partial charge in [0.2, 0.25) is 0 Å². The van der Waals surface area contributed by atoms with Gasteiger partial charge in [-0.25, -0.2) is 0 Å². The molecule has 6 heteroatoms. The molecule has 0 radical (unpaired) electrons. The van der Waals surface area contributed by atoms with Crippen LogP contribution in [-0.4, -0.2) is 116 Å². The van der Waals surface area contributed by atoms with Crippen LogP contribution in [0, 0.1) is 0 Å². The lowest BCUT2D eigenvalue weighted by Crippen LogP contribution is -2.35. The first-order valence-corrected chi connectivity index (χ1v) is 15.7. The number of quaternary nitrogens is 3. The summed E-state index contributed by atoms with van der Waals surface area (Å²) in [4.78, 5) is 0. The van der Waals surface area contributed by atoms with E-state index in [9.17, 15) is 0 Å². The molecule has 0 bridgehead atoms. The van der Waals surface area contributed by atoms with E-state index in [1.54, 1.807) is 0 Å². The van der Waals surface area contributed by atoms with Crippen molar-refractivity contribution in [2.75, 3.05) is 103 Å². The van der Waals surface area contributed by atoms with Gasteiger partial charge in [0.1, 0.15) is 17.2 Å². The Balaban J connectivity index is 2.48. The maximum atomic E-state index is 6.15. The lowest BCUT2D eigenvalue weighted by atomic mass is 10.2. The Hall–Kier alpha value is -1.50. The molecule has 0 fully saturated rings. The van der Waals surface area contributed by atoms with Crippen molar-refractivity contribution in [1.82, 2.24) is 0 Å². The molecule has 0 unspecified atom stereocenters. The first-order chi connectivity index (χ1) is 18.2. The lowest BCUT2D eigenvalue weighted by Gasteiger charge is -2.23. The highest BCUT2D eigenvalue weighted by atomic mass is 16.5. The fourth-order valence-corrected chi connectivity index (χ4v) is 4.49. The molecule has 0 aliphatic heterocycles. The molecule has 0 saturated heterocycles. The van der Waals surface area contributed by atoms with Gasteiger partial charge in [0.05, 0.1) is 103 Å². The van der Waals surface area contributed by atoms with Crippen LogP contribution in [0.2, 0.25) is 0 Å². The Kier molecular flexibility index (Phi) is 17.1. The van der Waals surface area contributed by atoms with Gasteiger partial charge in [-0.3, -0.25) is 0 Å². The Labute approximate surface area is 243 Å². The van der Waals surface area contributed by atoms with Gasteiger partial charge in [0, 0.05) is 18.2 Å². The quantitative estimate of drug-likeness (QED) is 0.107. The van der Waals surface area contributed by atoms with E-state index >= 15 is 0 Å². The fourth-order valence-electron chi connectivity index (χ4n) is 4.49. The maximum absolute atomic E-state index is 6.15. The number of hydrogen-bond acceptors (Lipinski definition) is 3. The van der Waals surface area contributed by atoms with Crippen molar-refractivity contribution in [3.05, 3.63) is 18.2 Å². The highest BCUT2D eigenvalue weighted by molar-refractivity contribution is 5.42. The summed E-state index contributed by atoms with van der Waals surface area (Å²) in [6, 6.07) is 6.10. The van der Waals surface area contributed by atoms with Crippen LogP contribution >= 0.6 is 0 Å². The van der Waals surface area contributed by atoms with E-state index in [4.69, 9.17) is 14.2 Å². The molecule has 0 saturated carbocycles. The number of unbranched alkanes of at least 4 members (excludes halogenated alkanes) is 9. The van der Waals surface area contributed by atoms with Crippen molar-refractivity contribution < 1.29 is 27.7 Å². The van der Waals surface area contributed by atoms with E-state index in [0.717, 1.165) is 69.8 Å². The standard InChI is InChI=1S/C33H66N3O3/c1-34(2,3)22-16-10-13-19-25-37-31-28-32(38-26-20-14-11-17-23-35(4,5)6)30-33(29-31)39-27-21-15-12-18-24-36(7,8)9/h28-30H,10-27H2,1-9H3/q+3. The molecule has 6 nitrogen and oxygen atoms in total. The first kappa shape index (κ1) is 35.5. The molecular weight excluding hydrogens is 486 g/mol. The van der Waals surface area contributed by atoms with Crippen molar-refractivity contribution in [2.45, 2.75) is 77.0 Å². The van der Waals surface area contributed by atoms with Crippen LogP contribution in [0.4, 0.5) is 0 Å². The molecule has 0 aromatic heterocycles. The fraction of sp³-hybridized carbons (Fsp3) is 0.818. The second-order valence-electron chi connectivity index (χ2n) is 14.5. The van der Waals surface area contributed by atoms with Crippen molar-refractivity contribution in [3.8, 4) is 17.2 Å². The van der Waals surface area contributed by atoms with Crippen LogP contribution < -0.4 is 14.2 Å². The summed E-state index contributed by atoms with van der Waals surface area (Å²) in [7, 11) is 20.3. The predicted octanol–water partition coefficient (Wildman–Crippen LogP) is 6.62. The van der Waals surface area contributed by atoms with Gasteiger partial charge >= 0.3 is 0 Å². The Morgan fingerprint density at radius 3 is 0.821 bits per heavy atom. The summed E-state index contributed by atoms with van der Waals surface area (Å²) in [5.41, 5.74) is 0. The summed E-state index contributed by atoms with van der Waals surface area (Å²) < 4.78 is 21.6. The van der Waals surface area contributed by atoms with Crippen molar-refractivity contribution in [3.63, 3.8) is 0 Å². The zero-order chi connectivity index (χ0) is 29.2. The van der Waals surface area contributed by atoms with E-state index in [1.165, 1.54) is 77.4 Å². The highest BCUT2D eigenvalue weighted by Crippen LogP contribution is 2.29. The monoisotopic (exact) mass is 553 g/mol. The smallest absolute Gasteiger partial charge is 0.126 e. The van der Waals surface area contributed by atoms with Crippen molar-refractivity contribution >= 4 is 0 Å². The minimum Gasteiger partial charge on any atom is -0.493 e. The van der Waals surface area contributed by atoms with Crippen LogP contribution in [0.5, 0.6) is 17.2 Å². The zero-order valence-corrected chi connectivity index (χ0v) is 27.5. The van der Waals surface area contributed by atoms with E-state index in [1.807, 2.05) is 18.2 Å². The van der Waals surface area contributed by atoms with Crippen LogP contribution in [0.1, 0.15) is 77.0 Å². The second-order valence-corrected chi connectivity index (χ2v) is 14.5. The van der Waals surface area contributed by atoms with Gasteiger partial charge in [-0.1, -0.05) is 0 Å². The van der Waals surface area contributed by atoms with Crippen LogP contribution in [0.25, 0.3) is 0 Å². The van der Waals surface area contributed by atoms with E-state index in [2.05, 4.69) is 63.4 Å². The number of rotatable bonds is 24. The number of nitrogens with zero attached hydrogens (tertiary/aromatic N) is 3. The van der Waals surface area contributed by atoms with E-state index in [0.29, 0.717) is 0 Å². The zero-order valence-electron chi connectivity index (χ0n) is 27.5. The lowest BCUT2D eigenvalue weighted by molar-refractivity contribution is -0.870. The molecule has 0 amide bonds. The highest BCUT2D eigenvalue weighted by Gasteiger charge is 2.09. The van der Waals surface area contributed by atoms with Gasteiger partial charge in [0.15, 0.2) is 0 Å². The largest absolute Gasteiger partial charge is 0.493 e. The van der Waals surface area contributed by atoms with Crippen molar-refractivity contribution in [1.29, 1.82) is 0 Å². The van der Waals surface area contributed by atoms with Gasteiger partial charge in [-0.2, -0.15) is 0 Å². The molecule has 0 aliphatic rings. The van der Waals surface area contributed by atoms with Crippen LogP contribution in [0.3, 0.4) is 0 Å². The van der Waals surface area contributed by atoms with Gasteiger partial charge in [0.25, 0.3) is 0 Å². The summed E-state index contributed by atoms with van der Waals surface area (Å²) in [6.07, 6.45) is 14.5. The summed E-state index contributed by atoms with van der Waals surface area (Å²) in [5, 5.41) is 0. The third kappa shape index (κ3) is 23.0.